The number of carbonyl (C=O) groups excluding carboxylic acids is 1. The fourth-order valence-electron chi connectivity index (χ4n) is 3.05. The Morgan fingerprint density at radius 3 is 2.00 bits per heavy atom. The molecule has 1 heterocycles. The summed E-state index contributed by atoms with van der Waals surface area (Å²) < 4.78 is 29.5. The molecule has 168 valence electrons. The highest BCUT2D eigenvalue weighted by atomic mass is 32.2. The molecule has 1 amide bonds. The van der Waals surface area contributed by atoms with Crippen molar-refractivity contribution in [2.45, 2.75) is 62.3 Å². The number of hydrogen-bond donors (Lipinski definition) is 0. The maximum atomic E-state index is 12.6. The molecule has 0 aromatic heterocycles. The van der Waals surface area contributed by atoms with Gasteiger partial charge in [-0.1, -0.05) is 6.92 Å². The highest BCUT2D eigenvalue weighted by Crippen LogP contribution is 2.35. The third-order valence-corrected chi connectivity index (χ3v) is 7.24. The largest absolute Gasteiger partial charge is 0.444 e. The molecular weight excluding hydrogens is 414 g/mol. The van der Waals surface area contributed by atoms with Gasteiger partial charge in [0.1, 0.15) is 5.60 Å². The minimum atomic E-state index is -1.07. The number of amides is 1. The van der Waals surface area contributed by atoms with Crippen molar-refractivity contribution in [3.63, 3.8) is 0 Å². The Morgan fingerprint density at radius 2 is 1.55 bits per heavy atom. The highest BCUT2D eigenvalue weighted by molar-refractivity contribution is 7.85. The van der Waals surface area contributed by atoms with E-state index in [2.05, 4.69) is 6.92 Å². The summed E-state index contributed by atoms with van der Waals surface area (Å²) in [5.74, 6) is 0.595. The zero-order valence-corrected chi connectivity index (χ0v) is 19.6. The maximum absolute atomic E-state index is 12.6. The molecule has 0 bridgehead atoms. The van der Waals surface area contributed by atoms with Gasteiger partial charge in [0.25, 0.3) is 0 Å². The summed E-state index contributed by atoms with van der Waals surface area (Å²) >= 11 is 0. The summed E-state index contributed by atoms with van der Waals surface area (Å²) in [6.45, 7) is 9.18. The van der Waals surface area contributed by atoms with Gasteiger partial charge in [-0.05, 0) is 69.7 Å². The van der Waals surface area contributed by atoms with Gasteiger partial charge in [-0.25, -0.2) is 4.79 Å². The topological polar surface area (TPSA) is 127 Å². The minimum absolute atomic E-state index is 0. The Hall–Kier alpha value is -1.29. The summed E-state index contributed by atoms with van der Waals surface area (Å²) in [5, 5.41) is 0. The van der Waals surface area contributed by atoms with Crippen LogP contribution in [0.5, 0.6) is 0 Å². The number of rotatable bonds is 5. The van der Waals surface area contributed by atoms with E-state index in [0.717, 1.165) is 29.1 Å². The predicted molar refractivity (Wildman–Crippen MR) is 117 cm³/mol. The van der Waals surface area contributed by atoms with Crippen molar-refractivity contribution in [2.75, 3.05) is 25.1 Å². The van der Waals surface area contributed by atoms with Crippen LogP contribution in [0.1, 0.15) is 47.0 Å². The molecule has 1 aliphatic rings. The zero-order valence-electron chi connectivity index (χ0n) is 17.9. The second-order valence-corrected chi connectivity index (χ2v) is 11.5. The van der Waals surface area contributed by atoms with Gasteiger partial charge < -0.3 is 20.6 Å². The van der Waals surface area contributed by atoms with Crippen LogP contribution in [0.15, 0.2) is 34.1 Å². The van der Waals surface area contributed by atoms with Gasteiger partial charge in [0.15, 0.2) is 0 Å². The molecule has 2 atom stereocenters. The molecule has 7 nitrogen and oxygen atoms in total. The molecule has 1 saturated heterocycles. The van der Waals surface area contributed by atoms with E-state index in [1.54, 1.807) is 35.4 Å². The second kappa shape index (κ2) is 11.2. The summed E-state index contributed by atoms with van der Waals surface area (Å²) in [7, 11) is -2.09. The van der Waals surface area contributed by atoms with Gasteiger partial charge in [0.05, 0.1) is 10.8 Å². The Bertz CT molecular complexity index is 707. The smallest absolute Gasteiger partial charge is 0.410 e. The summed E-state index contributed by atoms with van der Waals surface area (Å²) in [6, 6.07) is 7.18. The van der Waals surface area contributed by atoms with Crippen molar-refractivity contribution in [3.05, 3.63) is 24.3 Å². The molecule has 2 rings (SSSR count). The number of benzene rings is 1. The minimum Gasteiger partial charge on any atom is -0.444 e. The van der Waals surface area contributed by atoms with Crippen molar-refractivity contribution in [2.24, 2.45) is 5.41 Å². The van der Waals surface area contributed by atoms with Gasteiger partial charge in [0.2, 0.25) is 0 Å². The molecular formula is C20H35NO6S2. The van der Waals surface area contributed by atoms with Gasteiger partial charge in [-0.15, -0.1) is 0 Å². The Kier molecular flexibility index (Phi) is 10.7. The first-order valence-electron chi connectivity index (χ1n) is 9.29. The van der Waals surface area contributed by atoms with Crippen LogP contribution in [0.25, 0.3) is 0 Å². The highest BCUT2D eigenvalue weighted by Gasteiger charge is 2.33. The summed E-state index contributed by atoms with van der Waals surface area (Å²) in [5.41, 5.74) is -0.395. The van der Waals surface area contributed by atoms with Crippen molar-refractivity contribution >= 4 is 27.7 Å². The van der Waals surface area contributed by atoms with E-state index in [4.69, 9.17) is 4.74 Å². The molecule has 0 spiro atoms. The van der Waals surface area contributed by atoms with Crippen molar-refractivity contribution in [3.8, 4) is 0 Å². The first-order valence-corrected chi connectivity index (χ1v) is 12.2. The normalized spacial score (nSPS) is 18.0. The number of carbonyl (C=O) groups is 1. The average Bonchev–Trinajstić information content (AvgIpc) is 2.59. The Labute approximate surface area is 178 Å². The van der Waals surface area contributed by atoms with E-state index >= 15 is 0 Å². The van der Waals surface area contributed by atoms with E-state index < -0.39 is 27.2 Å². The molecule has 1 aromatic carbocycles. The van der Waals surface area contributed by atoms with Gasteiger partial charge in [0, 0.05) is 45.7 Å². The van der Waals surface area contributed by atoms with E-state index in [1.807, 2.05) is 20.8 Å². The van der Waals surface area contributed by atoms with Crippen molar-refractivity contribution in [1.82, 2.24) is 4.90 Å². The summed E-state index contributed by atoms with van der Waals surface area (Å²) in [4.78, 5) is 15.5. The number of piperidine rings is 1. The molecule has 4 N–H and O–H groups in total. The fourth-order valence-corrected chi connectivity index (χ4v) is 4.92. The van der Waals surface area contributed by atoms with Gasteiger partial charge >= 0.3 is 6.09 Å². The molecule has 2 unspecified atom stereocenters. The molecule has 29 heavy (non-hydrogen) atoms. The average molecular weight is 450 g/mol. The summed E-state index contributed by atoms with van der Waals surface area (Å²) in [6.07, 6.45) is 4.01. The van der Waals surface area contributed by atoms with Gasteiger partial charge in [-0.3, -0.25) is 8.42 Å². The number of likely N-dealkylation sites (tertiary alicyclic amines) is 1. The fraction of sp³-hybridized carbons (Fsp3) is 0.650. The van der Waals surface area contributed by atoms with Crippen LogP contribution in [-0.4, -0.2) is 61.1 Å². The van der Waals surface area contributed by atoms with Crippen LogP contribution in [-0.2, 0) is 26.3 Å². The van der Waals surface area contributed by atoms with Crippen LogP contribution in [0, 0.1) is 5.41 Å². The first kappa shape index (κ1) is 27.7. The zero-order chi connectivity index (χ0) is 20.2. The monoisotopic (exact) mass is 449 g/mol. The van der Waals surface area contributed by atoms with Crippen LogP contribution in [0.4, 0.5) is 4.79 Å². The number of ether oxygens (including phenoxy) is 1. The van der Waals surface area contributed by atoms with Crippen LogP contribution in [0.2, 0.25) is 0 Å². The first-order chi connectivity index (χ1) is 12.5. The van der Waals surface area contributed by atoms with Crippen LogP contribution >= 0.6 is 0 Å². The molecule has 0 aliphatic carbocycles. The van der Waals surface area contributed by atoms with E-state index in [9.17, 15) is 13.2 Å². The second-order valence-electron chi connectivity index (χ2n) is 8.50. The molecule has 0 saturated carbocycles. The predicted octanol–water partition coefficient (Wildman–Crippen LogP) is 2.31. The Balaban J connectivity index is 0.00000392. The lowest BCUT2D eigenvalue weighted by molar-refractivity contribution is 0.0116. The van der Waals surface area contributed by atoms with Crippen LogP contribution < -0.4 is 0 Å². The third-order valence-electron chi connectivity index (χ3n) is 4.93. The lowest BCUT2D eigenvalue weighted by Crippen LogP contribution is -2.44. The molecule has 9 heteroatoms. The third kappa shape index (κ3) is 8.54. The Morgan fingerprint density at radius 1 is 1.07 bits per heavy atom. The standard InChI is InChI=1S/C20H31NO4S2.2H2O/c1-19(2,3)25-18(22)21-13-10-20(4,11-14-21)12-15-27(24)17-8-6-16(7-9-17)26(5)23;;/h6-9H,10-15H2,1-5H3;2*1H2. The number of nitrogens with zero attached hydrogens (tertiary/aromatic N) is 1. The molecule has 1 aliphatic heterocycles. The van der Waals surface area contributed by atoms with Crippen molar-refractivity contribution in [1.29, 1.82) is 0 Å². The van der Waals surface area contributed by atoms with E-state index in [1.165, 1.54) is 0 Å². The molecule has 1 fully saturated rings. The lowest BCUT2D eigenvalue weighted by atomic mass is 9.78. The van der Waals surface area contributed by atoms with Crippen LogP contribution in [0.3, 0.4) is 0 Å². The quantitative estimate of drug-likeness (QED) is 0.683. The number of hydrogen-bond acceptors (Lipinski definition) is 4. The lowest BCUT2D eigenvalue weighted by Gasteiger charge is -2.39. The SMILES string of the molecule is CS(=O)c1ccc(S(=O)CCC2(C)CCN(C(=O)OC(C)(C)C)CC2)cc1.O.O. The van der Waals surface area contributed by atoms with E-state index in [-0.39, 0.29) is 22.5 Å². The van der Waals surface area contributed by atoms with E-state index in [0.29, 0.717) is 18.8 Å². The molecule has 1 aromatic rings. The maximum Gasteiger partial charge on any atom is 0.410 e. The van der Waals surface area contributed by atoms with Gasteiger partial charge in [-0.2, -0.15) is 0 Å². The van der Waals surface area contributed by atoms with Crippen molar-refractivity contribution < 1.29 is 28.9 Å². The molecule has 0 radical (unpaired) electrons.